The van der Waals surface area contributed by atoms with Crippen LogP contribution in [-0.2, 0) is 27.3 Å². The number of carbonyl (C=O) groups is 4. The zero-order chi connectivity index (χ0) is 32.7. The summed E-state index contributed by atoms with van der Waals surface area (Å²) in [5, 5.41) is 20.3. The molecule has 0 bridgehead atoms. The molecule has 0 saturated carbocycles. The van der Waals surface area contributed by atoms with Gasteiger partial charge >= 0.3 is 18.2 Å². The van der Waals surface area contributed by atoms with Crippen LogP contribution < -0.4 is 16.0 Å². The van der Waals surface area contributed by atoms with Crippen molar-refractivity contribution in [3.63, 3.8) is 0 Å². The van der Waals surface area contributed by atoms with Gasteiger partial charge in [0.1, 0.15) is 18.8 Å². The number of nitrogens with zero attached hydrogens (tertiary/aromatic N) is 1. The van der Waals surface area contributed by atoms with Crippen LogP contribution in [0.4, 0.5) is 9.59 Å². The first-order valence-corrected chi connectivity index (χ1v) is 15.6. The summed E-state index contributed by atoms with van der Waals surface area (Å²) >= 11 is 0. The average Bonchev–Trinajstić information content (AvgIpc) is 3.63. The fourth-order valence-electron chi connectivity index (χ4n) is 5.23. The highest BCUT2D eigenvalue weighted by Gasteiger charge is 2.35. The number of ether oxygens (including phenoxy) is 2. The van der Waals surface area contributed by atoms with Crippen molar-refractivity contribution < 1.29 is 33.8 Å². The number of amides is 3. The highest BCUT2D eigenvalue weighted by molar-refractivity contribution is 5.94. The van der Waals surface area contributed by atoms with Crippen molar-refractivity contribution >= 4 is 24.1 Å². The molecule has 4 N–H and O–H groups in total. The molecule has 4 atom stereocenters. The Labute approximate surface area is 269 Å². The molecule has 1 saturated heterocycles. The van der Waals surface area contributed by atoms with Crippen molar-refractivity contribution in [1.82, 2.24) is 20.9 Å². The maximum atomic E-state index is 13.6. The van der Waals surface area contributed by atoms with Crippen LogP contribution in [0.5, 0.6) is 0 Å². The van der Waals surface area contributed by atoms with Crippen molar-refractivity contribution in [3.8, 4) is 0 Å². The molecule has 0 spiro atoms. The molecule has 3 unspecified atom stereocenters. The lowest BCUT2D eigenvalue weighted by Crippen LogP contribution is -2.57. The molecule has 244 valence electrons. The maximum Gasteiger partial charge on any atom is 0.419 e. The Bertz CT molecular complexity index is 1400. The third-order valence-electron chi connectivity index (χ3n) is 7.70. The lowest BCUT2D eigenvalue weighted by molar-refractivity contribution is -0.140. The minimum Gasteiger partial charge on any atom is -0.445 e. The number of hydrogen-bond acceptors (Lipinski definition) is 8. The molecule has 1 aliphatic rings. The first-order valence-electron chi connectivity index (χ1n) is 15.6. The molecule has 11 nitrogen and oxygen atoms in total. The second kappa shape index (κ2) is 17.7. The van der Waals surface area contributed by atoms with E-state index in [-0.39, 0.29) is 26.0 Å². The molecular formula is C35H42N4O7. The second-order valence-electron chi connectivity index (χ2n) is 11.2. The zero-order valence-corrected chi connectivity index (χ0v) is 26.0. The summed E-state index contributed by atoms with van der Waals surface area (Å²) in [6, 6.07) is 25.6. The van der Waals surface area contributed by atoms with Crippen molar-refractivity contribution in [1.29, 1.82) is 0 Å². The molecule has 1 heterocycles. The number of aliphatic hydroxyl groups is 1. The summed E-state index contributed by atoms with van der Waals surface area (Å²) < 4.78 is 10.7. The fourth-order valence-corrected chi connectivity index (χ4v) is 5.23. The lowest BCUT2D eigenvalue weighted by Gasteiger charge is -2.35. The first-order chi connectivity index (χ1) is 22.3. The second-order valence-corrected chi connectivity index (χ2v) is 11.2. The van der Waals surface area contributed by atoms with E-state index in [1.165, 1.54) is 0 Å². The lowest BCUT2D eigenvalue weighted by atomic mass is 10.00. The van der Waals surface area contributed by atoms with Gasteiger partial charge in [0, 0.05) is 5.56 Å². The molecule has 3 aromatic carbocycles. The van der Waals surface area contributed by atoms with Crippen LogP contribution in [0.25, 0.3) is 0 Å². The van der Waals surface area contributed by atoms with E-state index in [0.717, 1.165) is 22.4 Å². The van der Waals surface area contributed by atoms with Crippen LogP contribution >= 0.6 is 0 Å². The summed E-state index contributed by atoms with van der Waals surface area (Å²) in [6.45, 7) is 2.15. The van der Waals surface area contributed by atoms with Gasteiger partial charge in [0.05, 0.1) is 18.7 Å². The third-order valence-corrected chi connectivity index (χ3v) is 7.70. The van der Waals surface area contributed by atoms with Crippen LogP contribution in [0.1, 0.15) is 54.1 Å². The minimum atomic E-state index is -1.32. The molecule has 46 heavy (non-hydrogen) atoms. The summed E-state index contributed by atoms with van der Waals surface area (Å²) in [4.78, 5) is 53.7. The van der Waals surface area contributed by atoms with Gasteiger partial charge in [-0.15, -0.1) is 0 Å². The quantitative estimate of drug-likeness (QED) is 0.118. The van der Waals surface area contributed by atoms with E-state index in [9.17, 15) is 24.3 Å². The fraction of sp³-hybridized carbons (Fsp3) is 0.371. The Hall–Kier alpha value is -4.74. The third kappa shape index (κ3) is 10.4. The molecule has 1 aliphatic heterocycles. The average molecular weight is 631 g/mol. The Morgan fingerprint density at radius 1 is 0.913 bits per heavy atom. The van der Waals surface area contributed by atoms with E-state index < -0.39 is 48.4 Å². The van der Waals surface area contributed by atoms with E-state index in [1.54, 1.807) is 30.3 Å². The molecule has 3 aromatic rings. The Morgan fingerprint density at radius 2 is 1.54 bits per heavy atom. The molecule has 3 amide bonds. The standard InChI is InChI=1S/C35H42N4O7/c1-2-13-31(38-34(43)45-24-26-16-8-4-9-17-26)39(35(44)46-33(42)28-20-12-21-36-28)23-30(40)29(22-25-14-6-3-7-15-25)37-32(41)27-18-10-5-11-19-27/h3-11,14-19,28-31,36,40H,2,12-13,20-24H2,1H3,(H,37,41)(H,38,43)/t28-,29?,30?,31?/m0/s1. The summed E-state index contributed by atoms with van der Waals surface area (Å²) in [6.07, 6.45) is -1.74. The van der Waals surface area contributed by atoms with E-state index in [2.05, 4.69) is 16.0 Å². The minimum absolute atomic E-state index is 0.00902. The number of esters is 1. The van der Waals surface area contributed by atoms with Gasteiger partial charge < -0.3 is 30.5 Å². The number of alkyl carbamates (subject to hydrolysis) is 1. The number of benzene rings is 3. The number of nitrogens with one attached hydrogen (secondary N) is 3. The normalized spacial score (nSPS) is 16.0. The van der Waals surface area contributed by atoms with Gasteiger partial charge in [-0.1, -0.05) is 92.2 Å². The molecule has 0 aromatic heterocycles. The topological polar surface area (TPSA) is 146 Å². The van der Waals surface area contributed by atoms with Crippen LogP contribution in [0, 0.1) is 0 Å². The predicted molar refractivity (Wildman–Crippen MR) is 172 cm³/mol. The Morgan fingerprint density at radius 3 is 2.15 bits per heavy atom. The number of carbonyl (C=O) groups excluding carboxylic acids is 4. The smallest absolute Gasteiger partial charge is 0.419 e. The molecule has 1 fully saturated rings. The SMILES string of the molecule is CCCC(NC(=O)OCc1ccccc1)N(CC(O)C(Cc1ccccc1)NC(=O)c1ccccc1)C(=O)OC(=O)[C@@H]1CCCN1. The molecule has 4 rings (SSSR count). The van der Waals surface area contributed by atoms with Gasteiger partial charge in [0.25, 0.3) is 5.91 Å². The maximum absolute atomic E-state index is 13.6. The summed E-state index contributed by atoms with van der Waals surface area (Å²) in [7, 11) is 0. The number of rotatable bonds is 14. The van der Waals surface area contributed by atoms with Gasteiger partial charge in [-0.3, -0.25) is 9.69 Å². The van der Waals surface area contributed by atoms with Crippen molar-refractivity contribution in [2.45, 2.75) is 70.0 Å². The molecule has 11 heteroatoms. The summed E-state index contributed by atoms with van der Waals surface area (Å²) in [5.74, 6) is -1.13. The van der Waals surface area contributed by atoms with E-state index in [0.29, 0.717) is 24.9 Å². The van der Waals surface area contributed by atoms with Crippen LogP contribution in [0.2, 0.25) is 0 Å². The highest BCUT2D eigenvalue weighted by atomic mass is 16.6. The first kappa shape index (κ1) is 34.1. The zero-order valence-electron chi connectivity index (χ0n) is 26.0. The van der Waals surface area contributed by atoms with Crippen molar-refractivity contribution in [2.24, 2.45) is 0 Å². The predicted octanol–water partition coefficient (Wildman–Crippen LogP) is 4.16. The Kier molecular flexibility index (Phi) is 13.1. The van der Waals surface area contributed by atoms with Crippen LogP contribution in [0.15, 0.2) is 91.0 Å². The monoisotopic (exact) mass is 630 g/mol. The molecule has 0 radical (unpaired) electrons. The molecular weight excluding hydrogens is 588 g/mol. The van der Waals surface area contributed by atoms with Gasteiger partial charge in [-0.2, -0.15) is 0 Å². The summed E-state index contributed by atoms with van der Waals surface area (Å²) in [5.41, 5.74) is 2.04. The van der Waals surface area contributed by atoms with Gasteiger partial charge in [0.2, 0.25) is 0 Å². The number of hydrogen-bond donors (Lipinski definition) is 4. The highest BCUT2D eigenvalue weighted by Crippen LogP contribution is 2.16. The van der Waals surface area contributed by atoms with Gasteiger partial charge in [-0.25, -0.2) is 14.4 Å². The van der Waals surface area contributed by atoms with Crippen molar-refractivity contribution in [3.05, 3.63) is 108 Å². The van der Waals surface area contributed by atoms with E-state index in [1.807, 2.05) is 67.6 Å². The Balaban J connectivity index is 1.55. The van der Waals surface area contributed by atoms with E-state index in [4.69, 9.17) is 9.47 Å². The van der Waals surface area contributed by atoms with E-state index >= 15 is 0 Å². The molecule has 0 aliphatic carbocycles. The number of aliphatic hydroxyl groups excluding tert-OH is 1. The van der Waals surface area contributed by atoms with Crippen molar-refractivity contribution in [2.75, 3.05) is 13.1 Å². The van der Waals surface area contributed by atoms with Gasteiger partial charge in [0.15, 0.2) is 0 Å². The van der Waals surface area contributed by atoms with Crippen LogP contribution in [0.3, 0.4) is 0 Å². The van der Waals surface area contributed by atoms with Gasteiger partial charge in [-0.05, 0) is 55.5 Å². The van der Waals surface area contributed by atoms with Crippen LogP contribution in [-0.4, -0.2) is 71.5 Å². The largest absolute Gasteiger partial charge is 0.445 e.